The molecule has 162 valence electrons. The Labute approximate surface area is 186 Å². The molecule has 0 bridgehead atoms. The van der Waals surface area contributed by atoms with E-state index in [4.69, 9.17) is 0 Å². The van der Waals surface area contributed by atoms with Crippen LogP contribution in [0.2, 0.25) is 0 Å². The quantitative estimate of drug-likeness (QED) is 0.218. The molecule has 4 aromatic heterocycles. The van der Waals surface area contributed by atoms with Crippen LogP contribution in [0.3, 0.4) is 0 Å². The summed E-state index contributed by atoms with van der Waals surface area (Å²) in [7, 11) is 0. The number of ketones is 1. The Balaban J connectivity index is 1.54. The third-order valence-corrected chi connectivity index (χ3v) is 7.41. The first kappa shape index (κ1) is 21.8. The zero-order valence-corrected chi connectivity index (χ0v) is 18.8. The van der Waals surface area contributed by atoms with E-state index in [-0.39, 0.29) is 28.4 Å². The summed E-state index contributed by atoms with van der Waals surface area (Å²) in [4.78, 5) is 34.0. The van der Waals surface area contributed by atoms with Gasteiger partial charge in [-0.25, -0.2) is 4.98 Å². The van der Waals surface area contributed by atoms with E-state index < -0.39 is 12.7 Å². The topological polar surface area (TPSA) is 67.8 Å². The summed E-state index contributed by atoms with van der Waals surface area (Å²) in [6.07, 6.45) is -4.37. The number of rotatable bonds is 6. The van der Waals surface area contributed by atoms with Gasteiger partial charge in [-0.1, -0.05) is 17.8 Å². The molecule has 0 aliphatic heterocycles. The number of halogens is 3. The molecule has 0 aliphatic carbocycles. The van der Waals surface area contributed by atoms with E-state index in [1.54, 1.807) is 0 Å². The molecule has 5 nitrogen and oxygen atoms in total. The standard InChI is InChI=1S/C20H16F3N3O2S3/c1-10-6-12(11(2)26(10)9-20(21,22)23)14(27)8-31-19-24-17(28)16-13(7-30-18(16)25-19)15-4-3-5-29-15/h3-7H,8-9H2,1-2H3,(H,24,25,28). The highest BCUT2D eigenvalue weighted by molar-refractivity contribution is 7.99. The van der Waals surface area contributed by atoms with Crippen LogP contribution < -0.4 is 5.56 Å². The minimum Gasteiger partial charge on any atom is -0.339 e. The molecule has 0 atom stereocenters. The van der Waals surface area contributed by atoms with Crippen molar-refractivity contribution in [1.82, 2.24) is 14.5 Å². The lowest BCUT2D eigenvalue weighted by molar-refractivity contribution is -0.141. The van der Waals surface area contributed by atoms with Crippen molar-refractivity contribution in [2.45, 2.75) is 31.7 Å². The Bertz CT molecular complexity index is 1320. The van der Waals surface area contributed by atoms with E-state index in [0.29, 0.717) is 21.1 Å². The summed E-state index contributed by atoms with van der Waals surface area (Å²) in [5.41, 5.74) is 1.43. The van der Waals surface area contributed by atoms with Crippen molar-refractivity contribution < 1.29 is 18.0 Å². The number of nitrogens with one attached hydrogen (secondary N) is 1. The van der Waals surface area contributed by atoms with E-state index in [9.17, 15) is 22.8 Å². The normalized spacial score (nSPS) is 12.0. The van der Waals surface area contributed by atoms with E-state index in [1.165, 1.54) is 42.6 Å². The Morgan fingerprint density at radius 2 is 2.06 bits per heavy atom. The van der Waals surface area contributed by atoms with Crippen molar-refractivity contribution >= 4 is 50.4 Å². The number of hydrogen-bond donors (Lipinski definition) is 1. The second-order valence-electron chi connectivity index (χ2n) is 6.88. The first-order valence-electron chi connectivity index (χ1n) is 9.09. The van der Waals surface area contributed by atoms with Crippen molar-refractivity contribution in [2.24, 2.45) is 0 Å². The predicted molar refractivity (Wildman–Crippen MR) is 119 cm³/mol. The number of nitrogens with zero attached hydrogens (tertiary/aromatic N) is 2. The molecule has 0 fully saturated rings. The molecule has 0 unspecified atom stereocenters. The van der Waals surface area contributed by atoms with Gasteiger partial charge in [0.25, 0.3) is 5.56 Å². The molecule has 4 aromatic rings. The second-order valence-corrected chi connectivity index (χ2v) is 9.65. The maximum absolute atomic E-state index is 12.8. The number of H-pyrrole nitrogens is 1. The minimum atomic E-state index is -4.37. The number of aromatic nitrogens is 3. The summed E-state index contributed by atoms with van der Waals surface area (Å²) in [6.45, 7) is 1.90. The maximum Gasteiger partial charge on any atom is 0.406 e. The molecular formula is C20H16F3N3O2S3. The van der Waals surface area contributed by atoms with Crippen LogP contribution in [0.1, 0.15) is 21.7 Å². The van der Waals surface area contributed by atoms with Gasteiger partial charge in [0.1, 0.15) is 11.4 Å². The van der Waals surface area contributed by atoms with Crippen molar-refractivity contribution in [1.29, 1.82) is 0 Å². The third-order valence-electron chi connectivity index (χ3n) is 4.76. The lowest BCUT2D eigenvalue weighted by Crippen LogP contribution is -2.19. The van der Waals surface area contributed by atoms with Crippen molar-refractivity contribution in [3.63, 3.8) is 0 Å². The van der Waals surface area contributed by atoms with Gasteiger partial charge in [0, 0.05) is 32.8 Å². The van der Waals surface area contributed by atoms with Crippen molar-refractivity contribution in [2.75, 3.05) is 5.75 Å². The van der Waals surface area contributed by atoms with Crippen LogP contribution in [0.5, 0.6) is 0 Å². The van der Waals surface area contributed by atoms with Gasteiger partial charge in [0.2, 0.25) is 0 Å². The molecule has 0 saturated heterocycles. The monoisotopic (exact) mass is 483 g/mol. The zero-order valence-electron chi connectivity index (χ0n) is 16.4. The highest BCUT2D eigenvalue weighted by Gasteiger charge is 2.30. The van der Waals surface area contributed by atoms with Crippen molar-refractivity contribution in [3.05, 3.63) is 56.3 Å². The van der Waals surface area contributed by atoms with E-state index in [0.717, 1.165) is 26.8 Å². The zero-order chi connectivity index (χ0) is 22.3. The average Bonchev–Trinajstić information content (AvgIpc) is 3.41. The molecule has 4 rings (SSSR count). The molecule has 0 aromatic carbocycles. The van der Waals surface area contributed by atoms with E-state index >= 15 is 0 Å². The highest BCUT2D eigenvalue weighted by atomic mass is 32.2. The van der Waals surface area contributed by atoms with Gasteiger partial charge < -0.3 is 9.55 Å². The third kappa shape index (κ3) is 4.48. The van der Waals surface area contributed by atoms with Crippen LogP contribution in [0.15, 0.2) is 38.9 Å². The fourth-order valence-electron chi connectivity index (χ4n) is 3.33. The summed E-state index contributed by atoms with van der Waals surface area (Å²) in [5.74, 6) is -0.367. The van der Waals surface area contributed by atoms with Gasteiger partial charge in [-0.05, 0) is 31.4 Å². The minimum absolute atomic E-state index is 0.0477. The number of carbonyl (C=O) groups is 1. The molecular weight excluding hydrogens is 467 g/mol. The van der Waals surface area contributed by atoms with Gasteiger partial charge in [-0.15, -0.1) is 22.7 Å². The molecule has 0 aliphatic rings. The van der Waals surface area contributed by atoms with Crippen LogP contribution in [0.4, 0.5) is 13.2 Å². The van der Waals surface area contributed by atoms with Crippen molar-refractivity contribution in [3.8, 4) is 10.4 Å². The summed E-state index contributed by atoms with van der Waals surface area (Å²) in [6, 6.07) is 5.31. The molecule has 31 heavy (non-hydrogen) atoms. The van der Waals surface area contributed by atoms with E-state index in [1.807, 2.05) is 22.9 Å². The Kier molecular flexibility index (Phi) is 5.84. The highest BCUT2D eigenvalue weighted by Crippen LogP contribution is 2.34. The van der Waals surface area contributed by atoms with Crippen LogP contribution in [-0.4, -0.2) is 32.2 Å². The molecule has 11 heteroatoms. The summed E-state index contributed by atoms with van der Waals surface area (Å²) >= 11 is 3.94. The van der Waals surface area contributed by atoms with Gasteiger partial charge in [0.15, 0.2) is 10.9 Å². The smallest absolute Gasteiger partial charge is 0.339 e. The number of thiophene rings is 2. The molecule has 0 amide bonds. The fraction of sp³-hybridized carbons (Fsp3) is 0.250. The predicted octanol–water partition coefficient (Wildman–Crippen LogP) is 5.67. The molecule has 0 saturated carbocycles. The number of carbonyl (C=O) groups excluding carboxylic acids is 1. The number of aromatic amines is 1. The molecule has 0 spiro atoms. The Hall–Kier alpha value is -2.37. The van der Waals surface area contributed by atoms with Gasteiger partial charge in [-0.2, -0.15) is 13.2 Å². The number of aryl methyl sites for hydroxylation is 1. The van der Waals surface area contributed by atoms with Gasteiger partial charge in [-0.3, -0.25) is 9.59 Å². The van der Waals surface area contributed by atoms with Crippen LogP contribution in [0.25, 0.3) is 20.7 Å². The van der Waals surface area contributed by atoms with Crippen LogP contribution in [0, 0.1) is 13.8 Å². The van der Waals surface area contributed by atoms with Gasteiger partial charge >= 0.3 is 6.18 Å². The lowest BCUT2D eigenvalue weighted by atomic mass is 10.2. The van der Waals surface area contributed by atoms with Crippen LogP contribution >= 0.6 is 34.4 Å². The Morgan fingerprint density at radius 1 is 1.29 bits per heavy atom. The number of fused-ring (bicyclic) bond motifs is 1. The van der Waals surface area contributed by atoms with Crippen LogP contribution in [-0.2, 0) is 6.54 Å². The lowest BCUT2D eigenvalue weighted by Gasteiger charge is -2.12. The molecule has 4 heterocycles. The number of Topliss-reactive ketones (excluding diaryl/α,β-unsaturated/α-hetero) is 1. The maximum atomic E-state index is 12.8. The fourth-order valence-corrected chi connectivity index (χ4v) is 5.89. The molecule has 1 N–H and O–H groups in total. The van der Waals surface area contributed by atoms with Gasteiger partial charge in [0.05, 0.1) is 11.1 Å². The number of hydrogen-bond acceptors (Lipinski definition) is 6. The summed E-state index contributed by atoms with van der Waals surface area (Å²) < 4.78 is 39.4. The SMILES string of the molecule is Cc1cc(C(=O)CSc2nc3scc(-c4cccs4)c3c(=O)[nH]2)c(C)n1CC(F)(F)F. The largest absolute Gasteiger partial charge is 0.406 e. The average molecular weight is 484 g/mol. The Morgan fingerprint density at radius 3 is 2.74 bits per heavy atom. The number of alkyl halides is 3. The van der Waals surface area contributed by atoms with E-state index in [2.05, 4.69) is 9.97 Å². The number of thioether (sulfide) groups is 1. The first-order chi connectivity index (χ1) is 14.6. The molecule has 0 radical (unpaired) electrons. The first-order valence-corrected chi connectivity index (χ1v) is 11.8. The summed E-state index contributed by atoms with van der Waals surface area (Å²) in [5, 5.41) is 4.63. The second kappa shape index (κ2) is 8.29.